The molecule has 1 amide bonds. The van der Waals surface area contributed by atoms with E-state index in [1.54, 1.807) is 29.7 Å². The summed E-state index contributed by atoms with van der Waals surface area (Å²) in [4.78, 5) is 16.2. The van der Waals surface area contributed by atoms with Crippen LogP contribution in [0.5, 0.6) is 0 Å². The zero-order valence-electron chi connectivity index (χ0n) is 15.4. The maximum Gasteiger partial charge on any atom is 0.274 e. The van der Waals surface area contributed by atoms with E-state index in [1.807, 2.05) is 25.4 Å². The number of nitrogens with zero attached hydrogens (tertiary/aromatic N) is 5. The average molecular weight is 356 g/mol. The van der Waals surface area contributed by atoms with Crippen LogP contribution in [-0.2, 0) is 20.1 Å². The van der Waals surface area contributed by atoms with Crippen LogP contribution in [-0.4, -0.2) is 58.7 Å². The molecule has 2 aromatic rings. The van der Waals surface area contributed by atoms with Gasteiger partial charge in [0.05, 0.1) is 6.54 Å². The molecule has 1 aliphatic heterocycles. The summed E-state index contributed by atoms with van der Waals surface area (Å²) in [5, 5.41) is 16.6. The number of aromatic nitrogens is 2. The third kappa shape index (κ3) is 4.12. The summed E-state index contributed by atoms with van der Waals surface area (Å²) in [5.74, 6) is 1.04. The molecule has 138 valence electrons. The number of furan rings is 1. The molecule has 0 radical (unpaired) electrons. The lowest BCUT2D eigenvalue weighted by atomic mass is 10.2. The fourth-order valence-corrected chi connectivity index (χ4v) is 3.21. The zero-order valence-corrected chi connectivity index (χ0v) is 15.4. The van der Waals surface area contributed by atoms with Crippen molar-refractivity contribution in [3.8, 4) is 6.07 Å². The maximum atomic E-state index is 12.3. The Bertz CT molecular complexity index is 816. The minimum atomic E-state index is -0.0689. The quantitative estimate of drug-likeness (QED) is 0.829. The van der Waals surface area contributed by atoms with Crippen LogP contribution < -0.4 is 5.32 Å². The molecule has 1 unspecified atom stereocenters. The van der Waals surface area contributed by atoms with E-state index in [2.05, 4.69) is 15.3 Å². The highest BCUT2D eigenvalue weighted by Crippen LogP contribution is 2.17. The van der Waals surface area contributed by atoms with Gasteiger partial charge in [0, 0.05) is 58.6 Å². The molecule has 1 atom stereocenters. The maximum absolute atomic E-state index is 12.3. The minimum absolute atomic E-state index is 0.0689. The fraction of sp³-hybridized carbons (Fsp3) is 0.500. The SMILES string of the molecule is CN(C)C(=O)c1nn(C)cc1CN1CCC(NCc2ccc(C#N)o2)C1. The summed E-state index contributed by atoms with van der Waals surface area (Å²) < 4.78 is 7.09. The zero-order chi connectivity index (χ0) is 18.7. The Balaban J connectivity index is 1.55. The van der Waals surface area contributed by atoms with Crippen LogP contribution in [0.2, 0.25) is 0 Å². The first kappa shape index (κ1) is 18.2. The molecule has 8 heteroatoms. The van der Waals surface area contributed by atoms with Crippen LogP contribution in [0, 0.1) is 11.3 Å². The highest BCUT2D eigenvalue weighted by atomic mass is 16.3. The molecule has 1 aliphatic rings. The van der Waals surface area contributed by atoms with Gasteiger partial charge in [0.2, 0.25) is 5.76 Å². The Labute approximate surface area is 153 Å². The molecular weight excluding hydrogens is 332 g/mol. The van der Waals surface area contributed by atoms with Crippen molar-refractivity contribution in [1.82, 2.24) is 24.9 Å². The number of carbonyl (C=O) groups is 1. The van der Waals surface area contributed by atoms with E-state index < -0.39 is 0 Å². The number of aryl methyl sites for hydroxylation is 1. The molecule has 0 bridgehead atoms. The molecule has 8 nitrogen and oxygen atoms in total. The van der Waals surface area contributed by atoms with Gasteiger partial charge in [0.25, 0.3) is 5.91 Å². The lowest BCUT2D eigenvalue weighted by molar-refractivity contribution is 0.0819. The lowest BCUT2D eigenvalue weighted by Crippen LogP contribution is -2.32. The van der Waals surface area contributed by atoms with Gasteiger partial charge < -0.3 is 14.6 Å². The number of hydrogen-bond donors (Lipinski definition) is 1. The summed E-state index contributed by atoms with van der Waals surface area (Å²) in [6, 6.07) is 5.86. The highest BCUT2D eigenvalue weighted by molar-refractivity contribution is 5.93. The van der Waals surface area contributed by atoms with Gasteiger partial charge in [-0.05, 0) is 18.6 Å². The van der Waals surface area contributed by atoms with Crippen molar-refractivity contribution in [1.29, 1.82) is 5.26 Å². The van der Waals surface area contributed by atoms with Crippen LogP contribution in [0.1, 0.15) is 34.0 Å². The van der Waals surface area contributed by atoms with Gasteiger partial charge >= 0.3 is 0 Å². The van der Waals surface area contributed by atoms with E-state index >= 15 is 0 Å². The first-order valence-electron chi connectivity index (χ1n) is 8.65. The predicted molar refractivity (Wildman–Crippen MR) is 95.2 cm³/mol. The summed E-state index contributed by atoms with van der Waals surface area (Å²) in [5.41, 5.74) is 1.48. The molecule has 1 saturated heterocycles. The van der Waals surface area contributed by atoms with Crippen molar-refractivity contribution in [2.24, 2.45) is 7.05 Å². The Morgan fingerprint density at radius 3 is 3.00 bits per heavy atom. The van der Waals surface area contributed by atoms with E-state index in [0.29, 0.717) is 30.6 Å². The summed E-state index contributed by atoms with van der Waals surface area (Å²) in [7, 11) is 5.31. The predicted octanol–water partition coefficient (Wildman–Crippen LogP) is 0.951. The van der Waals surface area contributed by atoms with Crippen molar-refractivity contribution in [2.75, 3.05) is 27.2 Å². The second-order valence-electron chi connectivity index (χ2n) is 6.86. The number of nitriles is 1. The average Bonchev–Trinajstić information content (AvgIpc) is 3.32. The lowest BCUT2D eigenvalue weighted by Gasteiger charge is -2.17. The van der Waals surface area contributed by atoms with E-state index in [9.17, 15) is 4.79 Å². The monoisotopic (exact) mass is 356 g/mol. The Kier molecular flexibility index (Phi) is 5.40. The second-order valence-corrected chi connectivity index (χ2v) is 6.86. The van der Waals surface area contributed by atoms with Gasteiger partial charge in [0.1, 0.15) is 11.8 Å². The Morgan fingerprint density at radius 2 is 2.31 bits per heavy atom. The number of hydrogen-bond acceptors (Lipinski definition) is 6. The largest absolute Gasteiger partial charge is 0.449 e. The first-order chi connectivity index (χ1) is 12.5. The number of amides is 1. The second kappa shape index (κ2) is 7.72. The molecule has 2 aromatic heterocycles. The number of likely N-dealkylation sites (tertiary alicyclic amines) is 1. The van der Waals surface area contributed by atoms with E-state index in [-0.39, 0.29) is 5.91 Å². The van der Waals surface area contributed by atoms with Gasteiger partial charge in [-0.25, -0.2) is 0 Å². The van der Waals surface area contributed by atoms with Crippen LogP contribution in [0.3, 0.4) is 0 Å². The third-order valence-electron chi connectivity index (χ3n) is 4.52. The third-order valence-corrected chi connectivity index (χ3v) is 4.52. The fourth-order valence-electron chi connectivity index (χ4n) is 3.21. The molecule has 1 fully saturated rings. The molecule has 1 N–H and O–H groups in total. The van der Waals surface area contributed by atoms with Crippen molar-refractivity contribution in [3.63, 3.8) is 0 Å². The topological polar surface area (TPSA) is 90.3 Å². The van der Waals surface area contributed by atoms with Crippen molar-refractivity contribution in [3.05, 3.63) is 41.1 Å². The molecule has 0 aliphatic carbocycles. The Morgan fingerprint density at radius 1 is 1.50 bits per heavy atom. The van der Waals surface area contributed by atoms with Crippen molar-refractivity contribution < 1.29 is 9.21 Å². The summed E-state index contributed by atoms with van der Waals surface area (Å²) in [6.07, 6.45) is 2.95. The molecule has 3 rings (SSSR count). The number of nitrogens with one attached hydrogen (secondary N) is 1. The highest BCUT2D eigenvalue weighted by Gasteiger charge is 2.25. The minimum Gasteiger partial charge on any atom is -0.449 e. The van der Waals surface area contributed by atoms with Crippen LogP contribution >= 0.6 is 0 Å². The van der Waals surface area contributed by atoms with Crippen LogP contribution in [0.25, 0.3) is 0 Å². The molecular formula is C18H24N6O2. The molecule has 3 heterocycles. The van der Waals surface area contributed by atoms with E-state index in [4.69, 9.17) is 9.68 Å². The van der Waals surface area contributed by atoms with Crippen molar-refractivity contribution in [2.45, 2.75) is 25.6 Å². The van der Waals surface area contributed by atoms with Crippen LogP contribution in [0.15, 0.2) is 22.7 Å². The van der Waals surface area contributed by atoms with Crippen LogP contribution in [0.4, 0.5) is 0 Å². The molecule has 0 spiro atoms. The van der Waals surface area contributed by atoms with Gasteiger partial charge in [0.15, 0.2) is 5.69 Å². The van der Waals surface area contributed by atoms with Gasteiger partial charge in [-0.3, -0.25) is 14.4 Å². The van der Waals surface area contributed by atoms with Gasteiger partial charge in [-0.1, -0.05) is 0 Å². The van der Waals surface area contributed by atoms with Crippen molar-refractivity contribution >= 4 is 5.91 Å². The van der Waals surface area contributed by atoms with Gasteiger partial charge in [-0.15, -0.1) is 0 Å². The summed E-state index contributed by atoms with van der Waals surface area (Å²) in [6.45, 7) is 3.18. The molecule has 0 aromatic carbocycles. The smallest absolute Gasteiger partial charge is 0.274 e. The number of rotatable bonds is 6. The standard InChI is InChI=1S/C18H24N6O2/c1-22(2)18(25)17-13(10-23(3)21-17)11-24-7-6-14(12-24)20-9-16-5-4-15(8-19)26-16/h4-5,10,14,20H,6-7,9,11-12H2,1-3H3. The van der Waals surface area contributed by atoms with E-state index in [0.717, 1.165) is 30.8 Å². The number of carbonyl (C=O) groups excluding carboxylic acids is 1. The van der Waals surface area contributed by atoms with Gasteiger partial charge in [-0.2, -0.15) is 10.4 Å². The van der Waals surface area contributed by atoms with E-state index in [1.165, 1.54) is 0 Å². The molecule has 26 heavy (non-hydrogen) atoms. The normalized spacial score (nSPS) is 17.4. The first-order valence-corrected chi connectivity index (χ1v) is 8.65. The Hall–Kier alpha value is -2.63. The summed E-state index contributed by atoms with van der Waals surface area (Å²) >= 11 is 0. The molecule has 0 saturated carbocycles.